The van der Waals surface area contributed by atoms with E-state index in [1.165, 1.54) is 86.8 Å². The molecule has 0 aliphatic carbocycles. The zero-order valence-electron chi connectivity index (χ0n) is 22.1. The predicted molar refractivity (Wildman–Crippen MR) is 169 cm³/mol. The molecule has 2 heteroatoms. The highest BCUT2D eigenvalue weighted by Crippen LogP contribution is 2.49. The van der Waals surface area contributed by atoms with Crippen LogP contribution in [-0.4, -0.2) is 28.2 Å². The van der Waals surface area contributed by atoms with Gasteiger partial charge in [0.2, 0.25) is 0 Å². The molecule has 0 N–H and O–H groups in total. The van der Waals surface area contributed by atoms with E-state index < -0.39 is 0 Å². The van der Waals surface area contributed by atoms with Crippen molar-refractivity contribution in [2.24, 2.45) is 0 Å². The van der Waals surface area contributed by atoms with E-state index in [1.54, 1.807) is 0 Å². The molecule has 0 amide bonds. The molecule has 0 saturated heterocycles. The van der Waals surface area contributed by atoms with Crippen LogP contribution < -0.4 is 9.80 Å². The minimum Gasteiger partial charge on any atom is -0.377 e. The number of hydrogen-bond donors (Lipinski definition) is 0. The van der Waals surface area contributed by atoms with Crippen LogP contribution in [0.3, 0.4) is 0 Å². The molecule has 0 saturated carbocycles. The van der Waals surface area contributed by atoms with E-state index in [-0.39, 0.29) is 0 Å². The highest BCUT2D eigenvalue weighted by atomic mass is 15.1. The molecule has 8 aromatic carbocycles. The monoisotopic (exact) mass is 488 g/mol. The molecule has 0 fully saturated rings. The molecule has 0 heterocycles. The Hall–Kier alpha value is -4.56. The molecular weight excluding hydrogens is 460 g/mol. The van der Waals surface area contributed by atoms with E-state index in [0.717, 1.165) is 0 Å². The molecule has 0 aliphatic heterocycles. The van der Waals surface area contributed by atoms with Crippen molar-refractivity contribution in [2.75, 3.05) is 38.0 Å². The van der Waals surface area contributed by atoms with Crippen LogP contribution in [0.4, 0.5) is 11.4 Å². The molecule has 8 aromatic rings. The summed E-state index contributed by atoms with van der Waals surface area (Å²) in [6, 6.07) is 36.4. The fourth-order valence-electron chi connectivity index (χ4n) is 6.91. The second-order valence-corrected chi connectivity index (χ2v) is 11.0. The molecule has 0 aromatic heterocycles. The quantitative estimate of drug-likeness (QED) is 0.177. The number of fused-ring (bicyclic) bond motifs is 6. The largest absolute Gasteiger partial charge is 0.377 e. The third-order valence-corrected chi connectivity index (χ3v) is 8.43. The summed E-state index contributed by atoms with van der Waals surface area (Å²) in [6.45, 7) is 0. The van der Waals surface area contributed by atoms with E-state index in [4.69, 9.17) is 0 Å². The van der Waals surface area contributed by atoms with Crippen molar-refractivity contribution in [1.29, 1.82) is 0 Å². The lowest BCUT2D eigenvalue weighted by Gasteiger charge is -2.26. The normalized spacial score (nSPS) is 12.2. The minimum atomic E-state index is 1.28. The van der Waals surface area contributed by atoms with Crippen LogP contribution in [0, 0.1) is 0 Å². The lowest BCUT2D eigenvalue weighted by molar-refractivity contribution is 1.15. The van der Waals surface area contributed by atoms with Crippen molar-refractivity contribution in [1.82, 2.24) is 0 Å². The van der Waals surface area contributed by atoms with Gasteiger partial charge in [0.1, 0.15) is 0 Å². The molecule has 0 atom stereocenters. The number of anilines is 2. The van der Waals surface area contributed by atoms with E-state index in [1.807, 2.05) is 0 Å². The fraction of sp³-hybridized carbons (Fsp3) is 0.111. The Morgan fingerprint density at radius 3 is 1.00 bits per heavy atom. The standard InChI is InChI=1S/C36H28N2/c1-37(2)35-27-15-16-28-34-26(30-18-22-10-6-8-12-24(22)20-32(30)36(28)38(3)4)14-13-25(33(27)34)29-17-21-9-5-7-11-23(21)19-31(29)35/h5-20H,1-4H3. The highest BCUT2D eigenvalue weighted by Gasteiger charge is 2.21. The molecule has 2 nitrogen and oxygen atoms in total. The molecule has 8 rings (SSSR count). The Bertz CT molecular complexity index is 2080. The summed E-state index contributed by atoms with van der Waals surface area (Å²) in [5.41, 5.74) is 2.58. The van der Waals surface area contributed by atoms with Crippen molar-refractivity contribution in [3.8, 4) is 0 Å². The first-order valence-corrected chi connectivity index (χ1v) is 13.3. The smallest absolute Gasteiger partial charge is 0.0521 e. The molecule has 0 spiro atoms. The Balaban J connectivity index is 1.68. The number of nitrogens with zero attached hydrogens (tertiary/aromatic N) is 2. The maximum atomic E-state index is 2.39. The van der Waals surface area contributed by atoms with E-state index in [0.29, 0.717) is 0 Å². The van der Waals surface area contributed by atoms with Gasteiger partial charge in [-0.25, -0.2) is 0 Å². The summed E-state index contributed by atoms with van der Waals surface area (Å²) in [5.74, 6) is 0. The van der Waals surface area contributed by atoms with E-state index in [9.17, 15) is 0 Å². The maximum absolute atomic E-state index is 2.39. The Morgan fingerprint density at radius 2 is 0.658 bits per heavy atom. The van der Waals surface area contributed by atoms with Crippen LogP contribution in [-0.2, 0) is 0 Å². The second-order valence-electron chi connectivity index (χ2n) is 11.0. The zero-order valence-corrected chi connectivity index (χ0v) is 22.1. The number of hydrogen-bond acceptors (Lipinski definition) is 2. The molecule has 0 aliphatic rings. The topological polar surface area (TPSA) is 6.48 Å². The molecule has 0 bridgehead atoms. The van der Waals surface area contributed by atoms with Gasteiger partial charge in [-0.15, -0.1) is 0 Å². The van der Waals surface area contributed by atoms with Gasteiger partial charge in [-0.1, -0.05) is 72.8 Å². The van der Waals surface area contributed by atoms with Crippen LogP contribution in [0.5, 0.6) is 0 Å². The van der Waals surface area contributed by atoms with Crippen molar-refractivity contribution in [3.63, 3.8) is 0 Å². The first-order valence-electron chi connectivity index (χ1n) is 13.3. The van der Waals surface area contributed by atoms with Crippen molar-refractivity contribution in [2.45, 2.75) is 0 Å². The predicted octanol–water partition coefficient (Wildman–Crippen LogP) is 9.33. The van der Waals surface area contributed by atoms with Crippen molar-refractivity contribution >= 4 is 86.8 Å². The summed E-state index contributed by atoms with van der Waals surface area (Å²) in [7, 11) is 8.70. The highest BCUT2D eigenvalue weighted by molar-refractivity contribution is 6.39. The zero-order chi connectivity index (χ0) is 25.7. The molecular formula is C36H28N2. The summed E-state index contributed by atoms with van der Waals surface area (Å²) in [4.78, 5) is 4.59. The minimum absolute atomic E-state index is 1.28. The molecule has 0 radical (unpaired) electrons. The van der Waals surface area contributed by atoms with E-state index in [2.05, 4.69) is 135 Å². The summed E-state index contributed by atoms with van der Waals surface area (Å²) in [6.07, 6.45) is 0. The van der Waals surface area contributed by atoms with Gasteiger partial charge in [0, 0.05) is 60.5 Å². The van der Waals surface area contributed by atoms with Crippen LogP contribution in [0.2, 0.25) is 0 Å². The fourth-order valence-corrected chi connectivity index (χ4v) is 6.91. The van der Waals surface area contributed by atoms with Crippen LogP contribution in [0.15, 0.2) is 97.1 Å². The van der Waals surface area contributed by atoms with Gasteiger partial charge in [-0.3, -0.25) is 0 Å². The van der Waals surface area contributed by atoms with E-state index >= 15 is 0 Å². The van der Waals surface area contributed by atoms with Gasteiger partial charge in [0.15, 0.2) is 0 Å². The van der Waals surface area contributed by atoms with Crippen LogP contribution in [0.1, 0.15) is 0 Å². The lowest BCUT2D eigenvalue weighted by atomic mass is 9.85. The SMILES string of the molecule is CN(C)c1c2cc3ccccc3cc2c2ccc3c4cc5ccccc5cc4c(N(C)C)c4ccc1c2c43. The van der Waals surface area contributed by atoms with Gasteiger partial charge in [0.05, 0.1) is 11.4 Å². The maximum Gasteiger partial charge on any atom is 0.0521 e. The third-order valence-electron chi connectivity index (χ3n) is 8.43. The average molecular weight is 489 g/mol. The Morgan fingerprint density at radius 1 is 0.342 bits per heavy atom. The van der Waals surface area contributed by atoms with Gasteiger partial charge in [-0.2, -0.15) is 0 Å². The van der Waals surface area contributed by atoms with Gasteiger partial charge in [-0.05, 0) is 67.4 Å². The third kappa shape index (κ3) is 2.72. The summed E-state index contributed by atoms with van der Waals surface area (Å²) < 4.78 is 0. The molecule has 0 unspecified atom stereocenters. The summed E-state index contributed by atoms with van der Waals surface area (Å²) in [5, 5.41) is 18.4. The molecule has 38 heavy (non-hydrogen) atoms. The second kappa shape index (κ2) is 7.49. The Kier molecular flexibility index (Phi) is 4.24. The molecule has 182 valence electrons. The van der Waals surface area contributed by atoms with Crippen LogP contribution >= 0.6 is 0 Å². The van der Waals surface area contributed by atoms with Gasteiger partial charge < -0.3 is 9.80 Å². The average Bonchev–Trinajstić information content (AvgIpc) is 2.92. The first kappa shape index (κ1) is 21.5. The van der Waals surface area contributed by atoms with Crippen LogP contribution in [0.25, 0.3) is 75.4 Å². The summed E-state index contributed by atoms with van der Waals surface area (Å²) >= 11 is 0. The number of rotatable bonds is 2. The number of benzene rings is 8. The van der Waals surface area contributed by atoms with Gasteiger partial charge >= 0.3 is 0 Å². The first-order chi connectivity index (χ1) is 18.5. The Labute approximate surface area is 221 Å². The van der Waals surface area contributed by atoms with Crippen molar-refractivity contribution < 1.29 is 0 Å². The lowest BCUT2D eigenvalue weighted by Crippen LogP contribution is -2.11. The van der Waals surface area contributed by atoms with Gasteiger partial charge in [0.25, 0.3) is 0 Å². The van der Waals surface area contributed by atoms with Crippen molar-refractivity contribution in [3.05, 3.63) is 97.1 Å².